The van der Waals surface area contributed by atoms with Gasteiger partial charge < -0.3 is 10.2 Å². The molecule has 0 aliphatic heterocycles. The number of hydrogen-bond donors (Lipinski definition) is 2. The molecule has 0 bridgehead atoms. The molecule has 0 atom stereocenters. The molecule has 0 unspecified atom stereocenters. The summed E-state index contributed by atoms with van der Waals surface area (Å²) in [5.41, 5.74) is 5.22. The number of aromatic nitrogens is 1. The highest BCUT2D eigenvalue weighted by atomic mass is 32.2. The van der Waals surface area contributed by atoms with Crippen molar-refractivity contribution in [2.24, 2.45) is 5.73 Å². The second-order valence-electron chi connectivity index (χ2n) is 4.35. The summed E-state index contributed by atoms with van der Waals surface area (Å²) in [4.78, 5) is 4.53. The normalized spacial score (nSPS) is 11.7. The van der Waals surface area contributed by atoms with E-state index in [1.807, 2.05) is 0 Å². The van der Waals surface area contributed by atoms with E-state index < -0.39 is 17.6 Å². The number of benzene rings is 1. The van der Waals surface area contributed by atoms with E-state index in [1.165, 1.54) is 6.07 Å². The number of nitrogens with one attached hydrogen (secondary N) is 1. The van der Waals surface area contributed by atoms with Crippen molar-refractivity contribution in [3.8, 4) is 0 Å². The van der Waals surface area contributed by atoms with Crippen molar-refractivity contribution in [1.29, 1.82) is 5.41 Å². The molecule has 0 aliphatic rings. The summed E-state index contributed by atoms with van der Waals surface area (Å²) in [6, 6.07) is 3.06. The van der Waals surface area contributed by atoms with Crippen LogP contribution < -0.4 is 5.73 Å². The molecule has 4 nitrogen and oxygen atoms in total. The van der Waals surface area contributed by atoms with Gasteiger partial charge in [0.05, 0.1) is 11.3 Å². The highest BCUT2D eigenvalue weighted by Gasteiger charge is 2.31. The molecule has 2 rings (SSSR count). The number of amidine groups is 1. The Labute approximate surface area is 123 Å². The maximum absolute atomic E-state index is 12.7. The van der Waals surface area contributed by atoms with E-state index in [9.17, 15) is 13.2 Å². The summed E-state index contributed by atoms with van der Waals surface area (Å²) in [5.74, 6) is 0.192. The standard InChI is InChI=1S/C13H12F3N3OS/c1-6-7(2)20-12(19-6)21-10-4-3-8(13(14,15)16)5-9(10)11(17)18/h3-5H,1-2H3,(H3,17,18). The summed E-state index contributed by atoms with van der Waals surface area (Å²) in [6.07, 6.45) is -4.48. The first-order chi connectivity index (χ1) is 9.68. The van der Waals surface area contributed by atoms with Gasteiger partial charge >= 0.3 is 6.18 Å². The molecule has 21 heavy (non-hydrogen) atoms. The van der Waals surface area contributed by atoms with Crippen LogP contribution in [-0.2, 0) is 6.18 Å². The van der Waals surface area contributed by atoms with Gasteiger partial charge in [-0.05, 0) is 43.8 Å². The second-order valence-corrected chi connectivity index (χ2v) is 5.34. The van der Waals surface area contributed by atoms with Crippen molar-refractivity contribution in [3.63, 3.8) is 0 Å². The number of rotatable bonds is 3. The van der Waals surface area contributed by atoms with Crippen LogP contribution in [0.4, 0.5) is 13.2 Å². The average molecular weight is 315 g/mol. The molecule has 8 heteroatoms. The highest BCUT2D eigenvalue weighted by molar-refractivity contribution is 7.99. The number of nitrogens with two attached hydrogens (primary N) is 1. The summed E-state index contributed by atoms with van der Waals surface area (Å²) in [6.45, 7) is 3.51. The fourth-order valence-corrected chi connectivity index (χ4v) is 2.54. The maximum atomic E-state index is 12.7. The molecule has 1 aromatic carbocycles. The van der Waals surface area contributed by atoms with E-state index in [0.717, 1.165) is 23.9 Å². The molecule has 1 heterocycles. The zero-order valence-corrected chi connectivity index (χ0v) is 12.0. The Hall–Kier alpha value is -1.96. The van der Waals surface area contributed by atoms with Crippen molar-refractivity contribution < 1.29 is 17.6 Å². The van der Waals surface area contributed by atoms with E-state index >= 15 is 0 Å². The lowest BCUT2D eigenvalue weighted by Crippen LogP contribution is -2.14. The van der Waals surface area contributed by atoms with Gasteiger partial charge in [-0.1, -0.05) is 0 Å². The Morgan fingerprint density at radius 3 is 2.48 bits per heavy atom. The lowest BCUT2D eigenvalue weighted by molar-refractivity contribution is -0.137. The van der Waals surface area contributed by atoms with Crippen LogP contribution in [0.5, 0.6) is 0 Å². The van der Waals surface area contributed by atoms with Gasteiger partial charge in [-0.25, -0.2) is 4.98 Å². The highest BCUT2D eigenvalue weighted by Crippen LogP contribution is 2.35. The molecule has 0 saturated carbocycles. The lowest BCUT2D eigenvalue weighted by Gasteiger charge is -2.11. The molecule has 0 saturated heterocycles. The fourth-order valence-electron chi connectivity index (χ4n) is 1.59. The Morgan fingerprint density at radius 2 is 2.00 bits per heavy atom. The molecule has 0 aliphatic carbocycles. The molecular formula is C13H12F3N3OS. The maximum Gasteiger partial charge on any atom is 0.416 e. The first-order valence-corrected chi connectivity index (χ1v) is 6.67. The van der Waals surface area contributed by atoms with E-state index in [1.54, 1.807) is 13.8 Å². The van der Waals surface area contributed by atoms with Gasteiger partial charge in [0.25, 0.3) is 5.22 Å². The largest absolute Gasteiger partial charge is 0.436 e. The van der Waals surface area contributed by atoms with Crippen molar-refractivity contribution >= 4 is 17.6 Å². The SMILES string of the molecule is Cc1nc(Sc2ccc(C(F)(F)F)cc2C(=N)N)oc1C. The lowest BCUT2D eigenvalue weighted by atomic mass is 10.1. The Morgan fingerprint density at radius 1 is 1.33 bits per heavy atom. The van der Waals surface area contributed by atoms with Crippen molar-refractivity contribution in [2.45, 2.75) is 30.1 Å². The smallest absolute Gasteiger partial charge is 0.416 e. The molecule has 112 valence electrons. The van der Waals surface area contributed by atoms with Crippen LogP contribution in [0, 0.1) is 19.3 Å². The molecule has 0 fully saturated rings. The first-order valence-electron chi connectivity index (χ1n) is 5.86. The quantitative estimate of drug-likeness (QED) is 0.668. The Kier molecular flexibility index (Phi) is 3.99. The van der Waals surface area contributed by atoms with Crippen LogP contribution in [0.2, 0.25) is 0 Å². The predicted octanol–water partition coefficient (Wildman–Crippen LogP) is 3.75. The van der Waals surface area contributed by atoms with Crippen LogP contribution >= 0.6 is 11.8 Å². The number of nitrogen functional groups attached to an aromatic ring is 1. The number of halogens is 3. The Balaban J connectivity index is 2.41. The monoisotopic (exact) mass is 315 g/mol. The minimum Gasteiger partial charge on any atom is -0.436 e. The molecule has 2 aromatic rings. The van der Waals surface area contributed by atoms with Gasteiger partial charge in [-0.2, -0.15) is 13.2 Å². The van der Waals surface area contributed by atoms with Gasteiger partial charge in [0, 0.05) is 10.5 Å². The zero-order chi connectivity index (χ0) is 15.8. The molecule has 0 spiro atoms. The number of alkyl halides is 3. The van der Waals surface area contributed by atoms with Crippen molar-refractivity contribution in [3.05, 3.63) is 40.8 Å². The van der Waals surface area contributed by atoms with E-state index in [4.69, 9.17) is 15.6 Å². The third-order valence-electron chi connectivity index (χ3n) is 2.80. The topological polar surface area (TPSA) is 75.9 Å². The Bertz CT molecular complexity index is 675. The average Bonchev–Trinajstić information content (AvgIpc) is 2.67. The first kappa shape index (κ1) is 15.4. The van der Waals surface area contributed by atoms with Crippen LogP contribution in [0.25, 0.3) is 0 Å². The summed E-state index contributed by atoms with van der Waals surface area (Å²) >= 11 is 1.03. The van der Waals surface area contributed by atoms with Gasteiger partial charge in [0.1, 0.15) is 11.6 Å². The van der Waals surface area contributed by atoms with Crippen molar-refractivity contribution in [1.82, 2.24) is 4.98 Å². The predicted molar refractivity (Wildman–Crippen MR) is 72.6 cm³/mol. The van der Waals surface area contributed by atoms with Crippen LogP contribution in [0.15, 0.2) is 32.7 Å². The second kappa shape index (κ2) is 5.44. The number of nitrogens with zero attached hydrogens (tertiary/aromatic N) is 1. The van der Waals surface area contributed by atoms with Crippen LogP contribution in [-0.4, -0.2) is 10.8 Å². The summed E-state index contributed by atoms with van der Waals surface area (Å²) in [5, 5.41) is 7.74. The molecule has 0 radical (unpaired) electrons. The minimum absolute atomic E-state index is 0.00308. The van der Waals surface area contributed by atoms with Crippen LogP contribution in [0.1, 0.15) is 22.6 Å². The molecule has 0 amide bonds. The molecular weight excluding hydrogens is 303 g/mol. The fraction of sp³-hybridized carbons (Fsp3) is 0.231. The van der Waals surface area contributed by atoms with Gasteiger partial charge in [0.2, 0.25) is 0 Å². The molecule has 3 N–H and O–H groups in total. The summed E-state index contributed by atoms with van der Waals surface area (Å²) in [7, 11) is 0. The number of aryl methyl sites for hydroxylation is 2. The van der Waals surface area contributed by atoms with Gasteiger partial charge in [-0.3, -0.25) is 5.41 Å². The number of oxazole rings is 1. The van der Waals surface area contributed by atoms with Crippen molar-refractivity contribution in [2.75, 3.05) is 0 Å². The van der Waals surface area contributed by atoms with Crippen LogP contribution in [0.3, 0.4) is 0 Å². The third-order valence-corrected chi connectivity index (χ3v) is 3.73. The van der Waals surface area contributed by atoms with E-state index in [2.05, 4.69) is 4.98 Å². The van der Waals surface area contributed by atoms with Gasteiger partial charge in [-0.15, -0.1) is 0 Å². The van der Waals surface area contributed by atoms with Gasteiger partial charge in [0.15, 0.2) is 0 Å². The minimum atomic E-state index is -4.48. The van der Waals surface area contributed by atoms with E-state index in [-0.39, 0.29) is 5.56 Å². The summed E-state index contributed by atoms with van der Waals surface area (Å²) < 4.78 is 43.5. The zero-order valence-electron chi connectivity index (χ0n) is 11.2. The molecule has 1 aromatic heterocycles. The van der Waals surface area contributed by atoms with E-state index in [0.29, 0.717) is 21.6 Å². The third kappa shape index (κ3) is 3.38. The number of hydrogen-bond acceptors (Lipinski definition) is 4.